The molecular formula is C25H39B3N4S2. The maximum absolute atomic E-state index is 7.54. The minimum Gasteiger partial charge on any atom is -0.171 e. The summed E-state index contributed by atoms with van der Waals surface area (Å²) in [6.45, 7) is 9.68. The molecule has 9 atom stereocenters. The molecule has 6 radical (unpaired) electrons. The van der Waals surface area contributed by atoms with Gasteiger partial charge in [-0.1, -0.05) is 75.2 Å². The second-order valence-corrected chi connectivity index (χ2v) is 14.3. The van der Waals surface area contributed by atoms with Gasteiger partial charge >= 0.3 is 0 Å². The molecule has 0 saturated heterocycles. The number of rotatable bonds is 4. The average molecular weight is 492 g/mol. The van der Waals surface area contributed by atoms with E-state index in [-0.39, 0.29) is 10.2 Å². The molecule has 1 heterocycles. The zero-order valence-electron chi connectivity index (χ0n) is 21.4. The zero-order chi connectivity index (χ0) is 24.8. The van der Waals surface area contributed by atoms with Crippen molar-refractivity contribution < 1.29 is 0 Å². The van der Waals surface area contributed by atoms with E-state index in [2.05, 4.69) is 36.2 Å². The molecular weight excluding hydrogens is 453 g/mol. The molecule has 4 aliphatic rings. The van der Waals surface area contributed by atoms with Crippen LogP contribution in [-0.2, 0) is 6.54 Å². The Labute approximate surface area is 221 Å². The van der Waals surface area contributed by atoms with E-state index in [0.29, 0.717) is 23.6 Å². The Hall–Kier alpha value is -0.0352. The van der Waals surface area contributed by atoms with Crippen LogP contribution in [0, 0.1) is 30.1 Å². The minimum absolute atomic E-state index is 0.00134. The van der Waals surface area contributed by atoms with Crippen molar-refractivity contribution in [2.24, 2.45) is 23.2 Å². The number of hydrogen-bond donors (Lipinski definition) is 2. The fourth-order valence-electron chi connectivity index (χ4n) is 9.32. The highest BCUT2D eigenvalue weighted by atomic mass is 32.1. The predicted molar refractivity (Wildman–Crippen MR) is 147 cm³/mol. The number of aromatic nitrogens is 4. The fraction of sp³-hybridized carbons (Fsp3) is 0.960. The monoisotopic (exact) mass is 492 g/mol. The molecule has 5 rings (SSSR count). The first-order chi connectivity index (χ1) is 15.8. The molecule has 1 aromatic heterocycles. The summed E-state index contributed by atoms with van der Waals surface area (Å²) in [5.74, 6) is 2.24. The highest BCUT2D eigenvalue weighted by Gasteiger charge is 2.77. The van der Waals surface area contributed by atoms with E-state index in [9.17, 15) is 0 Å². The summed E-state index contributed by atoms with van der Waals surface area (Å²) in [5, 5.41) is 11.0. The van der Waals surface area contributed by atoms with Gasteiger partial charge in [-0.2, -0.15) is 30.1 Å². The summed E-state index contributed by atoms with van der Waals surface area (Å²) in [6, 6.07) is 0. The van der Waals surface area contributed by atoms with Gasteiger partial charge in [-0.15, -0.1) is 10.2 Å². The first-order valence-corrected chi connectivity index (χ1v) is 14.2. The third-order valence-corrected chi connectivity index (χ3v) is 13.8. The van der Waals surface area contributed by atoms with Gasteiger partial charge in [0.15, 0.2) is 5.82 Å². The molecule has 34 heavy (non-hydrogen) atoms. The third-order valence-electron chi connectivity index (χ3n) is 11.5. The first kappa shape index (κ1) is 25.6. The van der Waals surface area contributed by atoms with Crippen molar-refractivity contribution in [2.45, 2.75) is 124 Å². The number of fused-ring (bicyclic) bond motifs is 5. The molecule has 4 saturated carbocycles. The number of nitrogens with zero attached hydrogens (tertiary/aromatic N) is 4. The average Bonchev–Trinajstić information content (AvgIpc) is 3.32. The van der Waals surface area contributed by atoms with Crippen LogP contribution in [0.2, 0.25) is 15.9 Å². The third kappa shape index (κ3) is 3.01. The van der Waals surface area contributed by atoms with Crippen LogP contribution < -0.4 is 0 Å². The maximum Gasteiger partial charge on any atom is 0.171 e. The largest absolute Gasteiger partial charge is 0.171 e. The molecule has 9 heteroatoms. The van der Waals surface area contributed by atoms with Crippen LogP contribution in [0.15, 0.2) is 0 Å². The first-order valence-electron chi connectivity index (χ1n) is 13.3. The molecule has 0 aliphatic heterocycles. The van der Waals surface area contributed by atoms with Crippen molar-refractivity contribution in [3.05, 3.63) is 5.82 Å². The van der Waals surface area contributed by atoms with Gasteiger partial charge in [0.05, 0.1) is 30.1 Å². The molecule has 0 N–H and O–H groups in total. The summed E-state index contributed by atoms with van der Waals surface area (Å²) < 4.78 is -0.778. The summed E-state index contributed by atoms with van der Waals surface area (Å²) in [5.41, 5.74) is 0.00134. The Bertz CT molecular complexity index is 964. The van der Waals surface area contributed by atoms with E-state index >= 15 is 0 Å². The molecule has 0 aromatic carbocycles. The predicted octanol–water partition coefficient (Wildman–Crippen LogP) is 5.15. The van der Waals surface area contributed by atoms with Gasteiger partial charge < -0.3 is 0 Å². The normalized spacial score (nSPS) is 51.4. The number of aryl methyl sites for hydroxylation is 1. The van der Waals surface area contributed by atoms with Gasteiger partial charge in [0.25, 0.3) is 0 Å². The lowest BCUT2D eigenvalue weighted by Crippen LogP contribution is -2.71. The zero-order valence-corrected chi connectivity index (χ0v) is 23.2. The van der Waals surface area contributed by atoms with E-state index in [1.165, 1.54) is 0 Å². The standard InChI is InChI=1S/C25H39B3N4S2/c1-5-18-6-8-22(27)21(26,14-18)11-13-25(34)23(22,28)12-10-20(4)19(7-9-24(20,25)33)16(2)15-32-30-17(3)29-31-32/h16,18-19,33-34H,5-15H2,1-4H3/t16?,18?,19-,20?,21?,22?,23+,24+,25?/m1/s1. The molecule has 0 spiro atoms. The van der Waals surface area contributed by atoms with E-state index < -0.39 is 20.7 Å². The van der Waals surface area contributed by atoms with E-state index in [1.807, 2.05) is 6.92 Å². The molecule has 0 bridgehead atoms. The number of hydrogen-bond acceptors (Lipinski definition) is 5. The fourth-order valence-corrected chi connectivity index (χ4v) is 10.8. The Kier molecular flexibility index (Phi) is 6.01. The van der Waals surface area contributed by atoms with Crippen LogP contribution in [0.1, 0.15) is 90.8 Å². The second kappa shape index (κ2) is 7.98. The van der Waals surface area contributed by atoms with Crippen molar-refractivity contribution >= 4 is 48.8 Å². The highest BCUT2D eigenvalue weighted by molar-refractivity contribution is 7.86. The van der Waals surface area contributed by atoms with Gasteiger partial charge in [-0.25, -0.2) is 0 Å². The Morgan fingerprint density at radius 1 is 1.00 bits per heavy atom. The van der Waals surface area contributed by atoms with Crippen LogP contribution in [0.25, 0.3) is 0 Å². The SMILES string of the molecule is [B]C12CCC3(S)[C@]([B])(CCC4(C)[C@@H](C(C)Cn5nnc(C)n5)CC[C@]43S)C1([B])CCC(CC)C2. The topological polar surface area (TPSA) is 43.6 Å². The lowest BCUT2D eigenvalue weighted by molar-refractivity contribution is -0.0165. The van der Waals surface area contributed by atoms with Crippen molar-refractivity contribution in [1.82, 2.24) is 20.2 Å². The van der Waals surface area contributed by atoms with Crippen LogP contribution in [-0.4, -0.2) is 53.2 Å². The Morgan fingerprint density at radius 2 is 1.74 bits per heavy atom. The molecule has 180 valence electrons. The molecule has 4 aliphatic carbocycles. The molecule has 0 amide bonds. The van der Waals surface area contributed by atoms with E-state index in [0.717, 1.165) is 70.8 Å². The maximum atomic E-state index is 7.54. The Morgan fingerprint density at radius 3 is 2.38 bits per heavy atom. The minimum atomic E-state index is -0.640. The van der Waals surface area contributed by atoms with Gasteiger partial charge in [-0.3, -0.25) is 0 Å². The van der Waals surface area contributed by atoms with Gasteiger partial charge in [0.2, 0.25) is 0 Å². The highest BCUT2D eigenvalue weighted by Crippen LogP contribution is 2.86. The second-order valence-electron chi connectivity index (χ2n) is 12.8. The van der Waals surface area contributed by atoms with Crippen molar-refractivity contribution in [2.75, 3.05) is 0 Å². The van der Waals surface area contributed by atoms with Crippen molar-refractivity contribution in [3.63, 3.8) is 0 Å². The van der Waals surface area contributed by atoms with Gasteiger partial charge in [-0.05, 0) is 61.0 Å². The number of thiol groups is 2. The van der Waals surface area contributed by atoms with Gasteiger partial charge in [0, 0.05) is 9.49 Å². The summed E-state index contributed by atoms with van der Waals surface area (Å²) in [4.78, 5) is 1.75. The molecule has 6 unspecified atom stereocenters. The van der Waals surface area contributed by atoms with Crippen LogP contribution >= 0.6 is 25.3 Å². The quantitative estimate of drug-likeness (QED) is 0.452. The Balaban J connectivity index is 1.49. The molecule has 1 aromatic rings. The van der Waals surface area contributed by atoms with Gasteiger partial charge in [0.1, 0.15) is 0 Å². The smallest absolute Gasteiger partial charge is 0.171 e. The molecule has 4 fully saturated rings. The summed E-state index contributed by atoms with van der Waals surface area (Å²) in [7, 11) is 22.2. The van der Waals surface area contributed by atoms with Crippen molar-refractivity contribution in [3.8, 4) is 0 Å². The molecule has 4 nitrogen and oxygen atoms in total. The lowest BCUT2D eigenvalue weighted by Gasteiger charge is -2.77. The number of tetrazole rings is 1. The van der Waals surface area contributed by atoms with Crippen LogP contribution in [0.5, 0.6) is 0 Å². The summed E-state index contributed by atoms with van der Waals surface area (Å²) >= 11 is 11.2. The van der Waals surface area contributed by atoms with E-state index in [1.54, 1.807) is 4.80 Å². The van der Waals surface area contributed by atoms with Crippen molar-refractivity contribution in [1.29, 1.82) is 0 Å². The summed E-state index contributed by atoms with van der Waals surface area (Å²) in [6.07, 6.45) is 9.85. The lowest BCUT2D eigenvalue weighted by atomic mass is 9.20. The van der Waals surface area contributed by atoms with Crippen LogP contribution in [0.3, 0.4) is 0 Å². The van der Waals surface area contributed by atoms with Crippen LogP contribution in [0.4, 0.5) is 0 Å². The van der Waals surface area contributed by atoms with E-state index in [4.69, 9.17) is 48.8 Å².